The van der Waals surface area contributed by atoms with Crippen LogP contribution in [0, 0.1) is 17.1 Å². The second-order valence-corrected chi connectivity index (χ2v) is 5.63. The van der Waals surface area contributed by atoms with Gasteiger partial charge < -0.3 is 4.42 Å². The largest absolute Gasteiger partial charge is 0.435 e. The maximum absolute atomic E-state index is 13.3. The number of nitrogens with zero attached hydrogens (tertiary/aromatic N) is 3. The average Bonchev–Trinajstić information content (AvgIpc) is 3.15. The molecule has 0 aliphatic rings. The molecule has 4 rings (SSSR count). The molecule has 2 aromatic carbocycles. The summed E-state index contributed by atoms with van der Waals surface area (Å²) in [6, 6.07) is 18.9. The fourth-order valence-corrected chi connectivity index (χ4v) is 2.63. The van der Waals surface area contributed by atoms with E-state index in [1.807, 2.05) is 12.1 Å². The molecular formula is C21H12FN3O. The van der Waals surface area contributed by atoms with Gasteiger partial charge in [0.1, 0.15) is 11.5 Å². The maximum Gasteiger partial charge on any atom is 0.227 e. The van der Waals surface area contributed by atoms with Crippen molar-refractivity contribution >= 4 is 0 Å². The molecule has 0 bridgehead atoms. The van der Waals surface area contributed by atoms with Gasteiger partial charge in [-0.15, -0.1) is 0 Å². The molecule has 4 aromatic rings. The van der Waals surface area contributed by atoms with E-state index in [-0.39, 0.29) is 5.82 Å². The molecule has 0 unspecified atom stereocenters. The molecule has 0 atom stereocenters. The average molecular weight is 341 g/mol. The Balaban J connectivity index is 1.87. The highest BCUT2D eigenvalue weighted by Crippen LogP contribution is 2.35. The minimum atomic E-state index is -0.310. The Labute approximate surface area is 149 Å². The van der Waals surface area contributed by atoms with Crippen molar-refractivity contribution in [2.45, 2.75) is 0 Å². The molecule has 0 aliphatic heterocycles. The highest BCUT2D eigenvalue weighted by molar-refractivity contribution is 5.78. The molecule has 0 fully saturated rings. The molecule has 124 valence electrons. The summed E-state index contributed by atoms with van der Waals surface area (Å²) in [5.41, 5.74) is 3.52. The molecule has 4 nitrogen and oxygen atoms in total. The van der Waals surface area contributed by atoms with Crippen LogP contribution in [0.5, 0.6) is 0 Å². The predicted octanol–water partition coefficient (Wildman–Crippen LogP) is 5.08. The summed E-state index contributed by atoms with van der Waals surface area (Å²) in [5, 5.41) is 8.94. The molecule has 0 radical (unpaired) electrons. The van der Waals surface area contributed by atoms with Crippen LogP contribution in [-0.4, -0.2) is 9.97 Å². The van der Waals surface area contributed by atoms with Crippen LogP contribution >= 0.6 is 0 Å². The van der Waals surface area contributed by atoms with Gasteiger partial charge in [-0.25, -0.2) is 9.37 Å². The molecule has 0 amide bonds. The van der Waals surface area contributed by atoms with Crippen molar-refractivity contribution in [2.24, 2.45) is 0 Å². The Morgan fingerprint density at radius 3 is 2.12 bits per heavy atom. The fourth-order valence-electron chi connectivity index (χ4n) is 2.63. The zero-order valence-electron chi connectivity index (χ0n) is 13.6. The summed E-state index contributed by atoms with van der Waals surface area (Å²) in [6.45, 7) is 0. The quantitative estimate of drug-likeness (QED) is 0.521. The number of nitriles is 1. The molecule has 0 spiro atoms. The number of aromatic nitrogens is 2. The van der Waals surface area contributed by atoms with Gasteiger partial charge in [-0.3, -0.25) is 4.98 Å². The standard InChI is InChI=1S/C21H12FN3O/c22-18-7-5-15(6-8-18)19-20(16-9-11-24-12-10-16)26-21(25-19)17-3-1-14(13-23)2-4-17/h1-12H. The zero-order valence-corrected chi connectivity index (χ0v) is 13.6. The molecule has 0 aliphatic carbocycles. The molecule has 2 aromatic heterocycles. The van der Waals surface area contributed by atoms with Gasteiger partial charge in [0, 0.05) is 29.1 Å². The first-order valence-corrected chi connectivity index (χ1v) is 7.92. The number of hydrogen-bond donors (Lipinski definition) is 0. The van der Waals surface area contributed by atoms with Crippen LogP contribution in [-0.2, 0) is 0 Å². The van der Waals surface area contributed by atoms with Gasteiger partial charge in [0.2, 0.25) is 5.89 Å². The third-order valence-electron chi connectivity index (χ3n) is 3.95. The van der Waals surface area contributed by atoms with Gasteiger partial charge >= 0.3 is 0 Å². The number of hydrogen-bond acceptors (Lipinski definition) is 4. The van der Waals surface area contributed by atoms with Gasteiger partial charge in [-0.2, -0.15) is 5.26 Å². The van der Waals surface area contributed by atoms with Gasteiger partial charge in [0.25, 0.3) is 0 Å². The molecule has 0 saturated carbocycles. The van der Waals surface area contributed by atoms with Gasteiger partial charge in [-0.1, -0.05) is 0 Å². The van der Waals surface area contributed by atoms with Crippen LogP contribution in [0.1, 0.15) is 5.56 Å². The zero-order chi connectivity index (χ0) is 17.9. The van der Waals surface area contributed by atoms with Gasteiger partial charge in [-0.05, 0) is 60.7 Å². The predicted molar refractivity (Wildman–Crippen MR) is 95.3 cm³/mol. The van der Waals surface area contributed by atoms with E-state index in [9.17, 15) is 4.39 Å². The summed E-state index contributed by atoms with van der Waals surface area (Å²) in [6.07, 6.45) is 3.35. The van der Waals surface area contributed by atoms with E-state index < -0.39 is 0 Å². The van der Waals surface area contributed by atoms with E-state index in [0.717, 1.165) is 16.7 Å². The first kappa shape index (κ1) is 15.7. The van der Waals surface area contributed by atoms with Crippen LogP contribution in [0.2, 0.25) is 0 Å². The summed E-state index contributed by atoms with van der Waals surface area (Å²) in [5.74, 6) is 0.703. The third kappa shape index (κ3) is 2.96. The van der Waals surface area contributed by atoms with Crippen LogP contribution in [0.3, 0.4) is 0 Å². The van der Waals surface area contributed by atoms with Crippen LogP contribution < -0.4 is 0 Å². The topological polar surface area (TPSA) is 62.7 Å². The SMILES string of the molecule is N#Cc1ccc(-c2nc(-c3ccc(F)cc3)c(-c3ccncc3)o2)cc1. The van der Waals surface area contributed by atoms with Crippen LogP contribution in [0.15, 0.2) is 77.5 Å². The minimum Gasteiger partial charge on any atom is -0.435 e. The van der Waals surface area contributed by atoms with E-state index in [1.54, 1.807) is 48.8 Å². The fraction of sp³-hybridized carbons (Fsp3) is 0. The Kier molecular flexibility index (Phi) is 4.00. The lowest BCUT2D eigenvalue weighted by atomic mass is 10.1. The molecule has 0 saturated heterocycles. The molecule has 5 heteroatoms. The summed E-state index contributed by atoms with van der Waals surface area (Å²) in [4.78, 5) is 8.65. The van der Waals surface area contributed by atoms with Crippen molar-refractivity contribution in [3.63, 3.8) is 0 Å². The maximum atomic E-state index is 13.3. The molecule has 26 heavy (non-hydrogen) atoms. The number of pyridine rings is 1. The van der Waals surface area contributed by atoms with Gasteiger partial charge in [0.15, 0.2) is 5.76 Å². The van der Waals surface area contributed by atoms with E-state index in [0.29, 0.717) is 22.9 Å². The van der Waals surface area contributed by atoms with E-state index >= 15 is 0 Å². The van der Waals surface area contributed by atoms with E-state index in [4.69, 9.17) is 9.68 Å². The first-order chi connectivity index (χ1) is 12.7. The monoisotopic (exact) mass is 341 g/mol. The normalized spacial score (nSPS) is 10.5. The number of benzene rings is 2. The number of oxazole rings is 1. The summed E-state index contributed by atoms with van der Waals surface area (Å²) >= 11 is 0. The Morgan fingerprint density at radius 2 is 1.46 bits per heavy atom. The number of rotatable bonds is 3. The minimum absolute atomic E-state index is 0.310. The van der Waals surface area contributed by atoms with Crippen molar-refractivity contribution in [3.05, 3.63) is 84.4 Å². The number of halogens is 1. The lowest BCUT2D eigenvalue weighted by Gasteiger charge is -2.01. The van der Waals surface area contributed by atoms with E-state index in [1.165, 1.54) is 12.1 Å². The summed E-state index contributed by atoms with van der Waals surface area (Å²) in [7, 11) is 0. The van der Waals surface area contributed by atoms with Crippen LogP contribution in [0.4, 0.5) is 4.39 Å². The van der Waals surface area contributed by atoms with E-state index in [2.05, 4.69) is 16.0 Å². The second-order valence-electron chi connectivity index (χ2n) is 5.63. The summed E-state index contributed by atoms with van der Waals surface area (Å²) < 4.78 is 19.3. The van der Waals surface area contributed by atoms with Gasteiger partial charge in [0.05, 0.1) is 11.6 Å². The smallest absolute Gasteiger partial charge is 0.227 e. The second kappa shape index (κ2) is 6.61. The highest BCUT2D eigenvalue weighted by atomic mass is 19.1. The van der Waals surface area contributed by atoms with Crippen molar-refractivity contribution in [3.8, 4) is 40.1 Å². The Morgan fingerprint density at radius 1 is 0.808 bits per heavy atom. The lowest BCUT2D eigenvalue weighted by molar-refractivity contribution is 0.589. The van der Waals surface area contributed by atoms with Crippen molar-refractivity contribution in [1.82, 2.24) is 9.97 Å². The van der Waals surface area contributed by atoms with Crippen molar-refractivity contribution in [2.75, 3.05) is 0 Å². The third-order valence-corrected chi connectivity index (χ3v) is 3.95. The first-order valence-electron chi connectivity index (χ1n) is 7.92. The molecule has 2 heterocycles. The van der Waals surface area contributed by atoms with Crippen molar-refractivity contribution in [1.29, 1.82) is 5.26 Å². The lowest BCUT2D eigenvalue weighted by Crippen LogP contribution is -1.84. The molecule has 0 N–H and O–H groups in total. The Hall–Kier alpha value is -3.78. The highest BCUT2D eigenvalue weighted by Gasteiger charge is 2.18. The van der Waals surface area contributed by atoms with Crippen LogP contribution in [0.25, 0.3) is 34.0 Å². The Bertz CT molecular complexity index is 1080. The van der Waals surface area contributed by atoms with Crippen molar-refractivity contribution < 1.29 is 8.81 Å². The molecular weight excluding hydrogens is 329 g/mol.